The molecule has 7 heteroatoms. The minimum Gasteiger partial charge on any atom is -0.395 e. The molecule has 1 aromatic carbocycles. The van der Waals surface area contributed by atoms with Crippen LogP contribution < -0.4 is 5.32 Å². The van der Waals surface area contributed by atoms with Crippen LogP contribution in [0.5, 0.6) is 0 Å². The van der Waals surface area contributed by atoms with Crippen molar-refractivity contribution < 1.29 is 14.7 Å². The molecule has 0 aliphatic rings. The molecular weight excluding hydrogens is 332 g/mol. The lowest BCUT2D eigenvalue weighted by atomic mass is 10.2. The van der Waals surface area contributed by atoms with Gasteiger partial charge in [-0.25, -0.2) is 4.79 Å². The molecule has 2 amide bonds. The summed E-state index contributed by atoms with van der Waals surface area (Å²) in [5.41, 5.74) is 2.85. The number of nitrogens with one attached hydrogen (secondary N) is 1. The smallest absolute Gasteiger partial charge is 0.328 e. The molecule has 0 saturated carbocycles. The van der Waals surface area contributed by atoms with Gasteiger partial charge in [0.25, 0.3) is 5.91 Å². The Hall–Kier alpha value is -2.80. The molecule has 7 nitrogen and oxygen atoms in total. The summed E-state index contributed by atoms with van der Waals surface area (Å²) in [5, 5.41) is 12.6. The summed E-state index contributed by atoms with van der Waals surface area (Å²) in [4.78, 5) is 27.0. The molecule has 0 spiro atoms. The highest BCUT2D eigenvalue weighted by molar-refractivity contribution is 6.14. The second-order valence-corrected chi connectivity index (χ2v) is 6.74. The average Bonchev–Trinajstić information content (AvgIpc) is 3.13. The molecule has 0 bridgehead atoms. The van der Waals surface area contributed by atoms with Gasteiger partial charge in [-0.3, -0.25) is 9.36 Å². The van der Waals surface area contributed by atoms with Crippen LogP contribution in [-0.2, 0) is 0 Å². The Morgan fingerprint density at radius 2 is 1.88 bits per heavy atom. The molecular formula is C19H24N4O3. The van der Waals surface area contributed by atoms with Crippen LogP contribution in [0.4, 0.5) is 4.79 Å². The van der Waals surface area contributed by atoms with E-state index in [1.54, 1.807) is 20.2 Å². The topological polar surface area (TPSA) is 79.5 Å². The number of rotatable bonds is 4. The number of aromatic nitrogens is 2. The number of nitrogens with zero attached hydrogens (tertiary/aromatic N) is 3. The van der Waals surface area contributed by atoms with Crippen molar-refractivity contribution in [3.63, 3.8) is 0 Å². The molecule has 138 valence electrons. The van der Waals surface area contributed by atoms with Gasteiger partial charge in [0, 0.05) is 32.1 Å². The normalized spacial score (nSPS) is 11.5. The molecule has 3 aromatic rings. The van der Waals surface area contributed by atoms with Crippen LogP contribution in [0.15, 0.2) is 30.3 Å². The van der Waals surface area contributed by atoms with Gasteiger partial charge in [-0.15, -0.1) is 0 Å². The molecule has 3 rings (SSSR count). The first-order chi connectivity index (χ1) is 12.4. The lowest BCUT2D eigenvalue weighted by Gasteiger charge is -2.15. The van der Waals surface area contributed by atoms with E-state index in [9.17, 15) is 9.59 Å². The minimum atomic E-state index is -0.384. The third-order valence-electron chi connectivity index (χ3n) is 4.38. The van der Waals surface area contributed by atoms with E-state index in [0.717, 1.165) is 21.9 Å². The van der Waals surface area contributed by atoms with Crippen molar-refractivity contribution in [1.29, 1.82) is 0 Å². The highest BCUT2D eigenvalue weighted by Crippen LogP contribution is 2.34. The van der Waals surface area contributed by atoms with Crippen molar-refractivity contribution >= 4 is 33.9 Å². The lowest BCUT2D eigenvalue weighted by Crippen LogP contribution is -2.34. The van der Waals surface area contributed by atoms with Crippen LogP contribution in [0.2, 0.25) is 0 Å². The summed E-state index contributed by atoms with van der Waals surface area (Å²) in [6.07, 6.45) is 0. The van der Waals surface area contributed by atoms with E-state index in [4.69, 9.17) is 5.11 Å². The largest absolute Gasteiger partial charge is 0.395 e. The molecule has 0 fully saturated rings. The van der Waals surface area contributed by atoms with Crippen molar-refractivity contribution in [1.82, 2.24) is 19.4 Å². The standard InChI is InChI=1S/C19H24N4O3/c1-12(2)22-14-8-6-5-7-13(14)17-15(22)11-16(18(25)20-9-10-24)23(17)19(26)21(3)4/h5-8,11-12,24H,9-10H2,1-4H3,(H,20,25). The predicted octanol–water partition coefficient (Wildman–Crippen LogP) is 2.43. The molecule has 0 aliphatic heterocycles. The summed E-state index contributed by atoms with van der Waals surface area (Å²) in [6, 6.07) is 9.50. The first-order valence-corrected chi connectivity index (χ1v) is 8.63. The monoisotopic (exact) mass is 356 g/mol. The maximum atomic E-state index is 12.9. The molecule has 2 N–H and O–H groups in total. The Morgan fingerprint density at radius 1 is 1.19 bits per heavy atom. The number of para-hydroxylation sites is 1. The quantitative estimate of drug-likeness (QED) is 0.753. The van der Waals surface area contributed by atoms with Gasteiger partial charge in [0.2, 0.25) is 0 Å². The molecule has 0 atom stereocenters. The second kappa shape index (κ2) is 6.84. The Bertz CT molecular complexity index is 982. The fourth-order valence-electron chi connectivity index (χ4n) is 3.34. The van der Waals surface area contributed by atoms with Gasteiger partial charge < -0.3 is 19.9 Å². The number of fused-ring (bicyclic) bond motifs is 3. The zero-order valence-electron chi connectivity index (χ0n) is 15.5. The van der Waals surface area contributed by atoms with Gasteiger partial charge in [0.15, 0.2) is 0 Å². The van der Waals surface area contributed by atoms with Crippen LogP contribution in [0, 0.1) is 0 Å². The molecule has 0 unspecified atom stereocenters. The number of benzene rings is 1. The molecule has 0 saturated heterocycles. The molecule has 2 heterocycles. The van der Waals surface area contributed by atoms with E-state index in [1.807, 2.05) is 24.3 Å². The van der Waals surface area contributed by atoms with Crippen LogP contribution in [-0.4, -0.2) is 58.3 Å². The van der Waals surface area contributed by atoms with Gasteiger partial charge >= 0.3 is 6.03 Å². The van der Waals surface area contributed by atoms with Crippen molar-refractivity contribution in [2.24, 2.45) is 0 Å². The van der Waals surface area contributed by atoms with Crippen LogP contribution >= 0.6 is 0 Å². The molecule has 2 aromatic heterocycles. The zero-order valence-corrected chi connectivity index (χ0v) is 15.5. The summed E-state index contributed by atoms with van der Waals surface area (Å²) in [7, 11) is 3.32. The Kier molecular flexibility index (Phi) is 4.73. The van der Waals surface area contributed by atoms with Gasteiger partial charge in [-0.05, 0) is 26.0 Å². The van der Waals surface area contributed by atoms with Crippen molar-refractivity contribution in [3.8, 4) is 0 Å². The van der Waals surface area contributed by atoms with E-state index in [2.05, 4.69) is 23.7 Å². The van der Waals surface area contributed by atoms with E-state index in [-0.39, 0.29) is 36.8 Å². The Morgan fingerprint density at radius 3 is 2.50 bits per heavy atom. The van der Waals surface area contributed by atoms with Gasteiger partial charge in [-0.2, -0.15) is 0 Å². The summed E-state index contributed by atoms with van der Waals surface area (Å²) in [5.74, 6) is -0.384. The van der Waals surface area contributed by atoms with Crippen LogP contribution in [0.25, 0.3) is 21.9 Å². The number of hydrogen-bond acceptors (Lipinski definition) is 3. The van der Waals surface area contributed by atoms with Gasteiger partial charge in [0.05, 0.1) is 23.2 Å². The second-order valence-electron chi connectivity index (χ2n) is 6.74. The summed E-state index contributed by atoms with van der Waals surface area (Å²) < 4.78 is 3.59. The van der Waals surface area contributed by atoms with Crippen LogP contribution in [0.3, 0.4) is 0 Å². The maximum Gasteiger partial charge on any atom is 0.328 e. The number of aliphatic hydroxyl groups is 1. The van der Waals surface area contributed by atoms with Gasteiger partial charge in [-0.1, -0.05) is 18.2 Å². The van der Waals surface area contributed by atoms with E-state index < -0.39 is 0 Å². The average molecular weight is 356 g/mol. The van der Waals surface area contributed by atoms with Crippen LogP contribution in [0.1, 0.15) is 30.4 Å². The number of aliphatic hydroxyl groups excluding tert-OH is 1. The SMILES string of the molecule is CC(C)n1c2ccccc2c2c1cc(C(=O)NCCO)n2C(=O)N(C)C. The number of amides is 2. The fourth-order valence-corrected chi connectivity index (χ4v) is 3.34. The summed E-state index contributed by atoms with van der Waals surface area (Å²) >= 11 is 0. The molecule has 0 radical (unpaired) electrons. The highest BCUT2D eigenvalue weighted by atomic mass is 16.3. The van der Waals surface area contributed by atoms with E-state index >= 15 is 0 Å². The van der Waals surface area contributed by atoms with E-state index in [0.29, 0.717) is 0 Å². The Balaban J connectivity index is 2.38. The molecule has 0 aliphatic carbocycles. The number of carbonyl (C=O) groups is 2. The maximum absolute atomic E-state index is 12.9. The summed E-state index contributed by atoms with van der Waals surface area (Å²) in [6.45, 7) is 4.12. The van der Waals surface area contributed by atoms with Crippen molar-refractivity contribution in [3.05, 3.63) is 36.0 Å². The van der Waals surface area contributed by atoms with E-state index in [1.165, 1.54) is 9.47 Å². The van der Waals surface area contributed by atoms with Crippen molar-refractivity contribution in [2.45, 2.75) is 19.9 Å². The first kappa shape index (κ1) is 18.0. The number of carbonyl (C=O) groups excluding carboxylic acids is 2. The zero-order chi connectivity index (χ0) is 19.0. The third kappa shape index (κ3) is 2.74. The highest BCUT2D eigenvalue weighted by Gasteiger charge is 2.26. The van der Waals surface area contributed by atoms with Gasteiger partial charge in [0.1, 0.15) is 5.69 Å². The molecule has 26 heavy (non-hydrogen) atoms. The van der Waals surface area contributed by atoms with Crippen molar-refractivity contribution in [2.75, 3.05) is 27.2 Å². The Labute approximate surface area is 151 Å². The lowest BCUT2D eigenvalue weighted by molar-refractivity contribution is 0.0936. The number of hydrogen-bond donors (Lipinski definition) is 2. The minimum absolute atomic E-state index is 0.134. The fraction of sp³-hybridized carbons (Fsp3) is 0.368. The third-order valence-corrected chi connectivity index (χ3v) is 4.38. The first-order valence-electron chi connectivity index (χ1n) is 8.63. The predicted molar refractivity (Wildman–Crippen MR) is 102 cm³/mol.